The maximum atomic E-state index is 5.97. The van der Waals surface area contributed by atoms with Gasteiger partial charge >= 0.3 is 0 Å². The zero-order chi connectivity index (χ0) is 12.1. The van der Waals surface area contributed by atoms with Crippen LogP contribution in [-0.4, -0.2) is 23.1 Å². The fourth-order valence-electron chi connectivity index (χ4n) is 1.71. The minimum Gasteiger partial charge on any atom is -0.393 e. The average molecular weight is 240 g/mol. The minimum absolute atomic E-state index is 0.489. The third-order valence-electron chi connectivity index (χ3n) is 2.36. The number of hydrogen-bond acceptors (Lipinski definition) is 4. The average Bonchev–Trinajstić information content (AvgIpc) is 2.23. The molecule has 0 bridgehead atoms. The number of aryl methyl sites for hydroxylation is 1. The summed E-state index contributed by atoms with van der Waals surface area (Å²) in [6.07, 6.45) is 2.17. The van der Waals surface area contributed by atoms with Gasteiger partial charge in [-0.2, -0.15) is 0 Å². The van der Waals surface area contributed by atoms with Gasteiger partial charge in [0.05, 0.1) is 0 Å². The molecule has 1 heterocycles. The Morgan fingerprint density at radius 3 is 2.38 bits per heavy atom. The monoisotopic (exact) mass is 240 g/mol. The van der Waals surface area contributed by atoms with Crippen LogP contribution >= 0.6 is 12.2 Å². The Morgan fingerprint density at radius 1 is 1.31 bits per heavy atom. The molecule has 4 nitrogen and oxygen atoms in total. The van der Waals surface area contributed by atoms with E-state index in [0.29, 0.717) is 10.3 Å². The standard InChI is InChI=1S/C11H20N4S/c1-4-6-15(7-5-2)10-9(12)11(16)14-8(3)13-10/h4-7,12H2,1-3H3,(H,13,14,16). The number of H-pyrrole nitrogens is 1. The molecule has 1 aromatic heterocycles. The Labute approximate surface area is 102 Å². The number of aromatic nitrogens is 2. The van der Waals surface area contributed by atoms with E-state index in [9.17, 15) is 0 Å². The quantitative estimate of drug-likeness (QED) is 0.777. The summed E-state index contributed by atoms with van der Waals surface area (Å²) in [5, 5.41) is 0. The number of anilines is 2. The van der Waals surface area contributed by atoms with Crippen molar-refractivity contribution < 1.29 is 0 Å². The Balaban J connectivity index is 3.12. The Kier molecular flexibility index (Phi) is 4.73. The van der Waals surface area contributed by atoms with Gasteiger partial charge in [-0.15, -0.1) is 0 Å². The highest BCUT2D eigenvalue weighted by Crippen LogP contribution is 2.21. The molecule has 0 amide bonds. The molecule has 5 heteroatoms. The van der Waals surface area contributed by atoms with Gasteiger partial charge in [0.25, 0.3) is 0 Å². The highest BCUT2D eigenvalue weighted by atomic mass is 32.1. The summed E-state index contributed by atoms with van der Waals surface area (Å²) in [6.45, 7) is 8.16. The molecule has 3 N–H and O–H groups in total. The molecule has 0 aliphatic rings. The van der Waals surface area contributed by atoms with E-state index >= 15 is 0 Å². The predicted octanol–water partition coefficient (Wildman–Crippen LogP) is 2.66. The molecule has 0 radical (unpaired) electrons. The lowest BCUT2D eigenvalue weighted by atomic mass is 10.3. The van der Waals surface area contributed by atoms with Gasteiger partial charge in [-0.05, 0) is 19.8 Å². The van der Waals surface area contributed by atoms with Crippen molar-refractivity contribution in [1.29, 1.82) is 0 Å². The molecule has 16 heavy (non-hydrogen) atoms. The third kappa shape index (κ3) is 2.95. The summed E-state index contributed by atoms with van der Waals surface area (Å²) in [6, 6.07) is 0. The van der Waals surface area contributed by atoms with Gasteiger partial charge < -0.3 is 15.6 Å². The van der Waals surface area contributed by atoms with Crippen molar-refractivity contribution in [3.63, 3.8) is 0 Å². The zero-order valence-corrected chi connectivity index (χ0v) is 11.0. The second-order valence-corrected chi connectivity index (χ2v) is 4.26. The molecule has 0 unspecified atom stereocenters. The van der Waals surface area contributed by atoms with Crippen molar-refractivity contribution >= 4 is 23.7 Å². The molecule has 1 rings (SSSR count). The Morgan fingerprint density at radius 2 is 1.88 bits per heavy atom. The van der Waals surface area contributed by atoms with Crippen LogP contribution in [0.15, 0.2) is 0 Å². The Hall–Kier alpha value is -1.10. The topological polar surface area (TPSA) is 57.9 Å². The maximum absolute atomic E-state index is 5.97. The van der Waals surface area contributed by atoms with Crippen LogP contribution in [0.25, 0.3) is 0 Å². The van der Waals surface area contributed by atoms with Gasteiger partial charge in [0.15, 0.2) is 4.64 Å². The van der Waals surface area contributed by atoms with E-state index in [2.05, 4.69) is 28.7 Å². The van der Waals surface area contributed by atoms with E-state index in [1.54, 1.807) is 0 Å². The fourth-order valence-corrected chi connectivity index (χ4v) is 1.94. The normalized spacial score (nSPS) is 10.4. The van der Waals surface area contributed by atoms with Gasteiger partial charge in [-0.25, -0.2) is 4.98 Å². The van der Waals surface area contributed by atoms with Gasteiger partial charge in [0.1, 0.15) is 17.3 Å². The van der Waals surface area contributed by atoms with Crippen LogP contribution in [0.4, 0.5) is 11.5 Å². The molecule has 0 saturated carbocycles. The molecule has 0 spiro atoms. The first kappa shape index (κ1) is 13.0. The van der Waals surface area contributed by atoms with Crippen LogP contribution in [0.2, 0.25) is 0 Å². The second kappa shape index (κ2) is 5.84. The lowest BCUT2D eigenvalue weighted by Gasteiger charge is -2.24. The molecule has 0 atom stereocenters. The molecule has 1 aromatic rings. The predicted molar refractivity (Wildman–Crippen MR) is 71.4 cm³/mol. The molecular weight excluding hydrogens is 220 g/mol. The van der Waals surface area contributed by atoms with Crippen LogP contribution in [0, 0.1) is 11.6 Å². The van der Waals surface area contributed by atoms with E-state index < -0.39 is 0 Å². The molecular formula is C11H20N4S. The minimum atomic E-state index is 0.489. The van der Waals surface area contributed by atoms with E-state index in [4.69, 9.17) is 18.0 Å². The van der Waals surface area contributed by atoms with E-state index in [1.165, 1.54) is 0 Å². The van der Waals surface area contributed by atoms with Crippen molar-refractivity contribution in [2.45, 2.75) is 33.6 Å². The van der Waals surface area contributed by atoms with Crippen LogP contribution in [-0.2, 0) is 0 Å². The van der Waals surface area contributed by atoms with Gasteiger partial charge in [0.2, 0.25) is 0 Å². The molecule has 0 aromatic carbocycles. The first-order valence-electron chi connectivity index (χ1n) is 5.71. The molecule has 0 saturated heterocycles. The van der Waals surface area contributed by atoms with Crippen LogP contribution in [0.1, 0.15) is 32.5 Å². The number of nitrogens with zero attached hydrogens (tertiary/aromatic N) is 2. The molecule has 0 fully saturated rings. The van der Waals surface area contributed by atoms with Gasteiger partial charge in [0, 0.05) is 13.1 Å². The van der Waals surface area contributed by atoms with Crippen LogP contribution in [0.5, 0.6) is 0 Å². The zero-order valence-electron chi connectivity index (χ0n) is 10.2. The smallest absolute Gasteiger partial charge is 0.154 e. The lowest BCUT2D eigenvalue weighted by molar-refractivity contribution is 0.731. The number of nitrogens with one attached hydrogen (secondary N) is 1. The first-order valence-corrected chi connectivity index (χ1v) is 6.12. The van der Waals surface area contributed by atoms with Crippen LogP contribution in [0.3, 0.4) is 0 Å². The van der Waals surface area contributed by atoms with E-state index in [-0.39, 0.29) is 0 Å². The summed E-state index contributed by atoms with van der Waals surface area (Å²) in [5.41, 5.74) is 6.56. The molecule has 0 aliphatic carbocycles. The summed E-state index contributed by atoms with van der Waals surface area (Å²) >= 11 is 5.13. The first-order chi connectivity index (χ1) is 7.60. The van der Waals surface area contributed by atoms with Crippen LogP contribution < -0.4 is 10.6 Å². The van der Waals surface area contributed by atoms with Crippen molar-refractivity contribution in [3.8, 4) is 0 Å². The molecule has 90 valence electrons. The highest BCUT2D eigenvalue weighted by molar-refractivity contribution is 7.71. The number of nitrogens with two attached hydrogens (primary N) is 1. The van der Waals surface area contributed by atoms with E-state index in [1.807, 2.05) is 6.92 Å². The summed E-state index contributed by atoms with van der Waals surface area (Å²) < 4.78 is 0.489. The number of nitrogen functional groups attached to an aromatic ring is 1. The highest BCUT2D eigenvalue weighted by Gasteiger charge is 2.11. The number of hydrogen-bond donors (Lipinski definition) is 2. The van der Waals surface area contributed by atoms with Crippen molar-refractivity contribution in [2.24, 2.45) is 0 Å². The SMILES string of the molecule is CCCN(CCC)c1[nH]c(C)nc(=S)c1N. The van der Waals surface area contributed by atoms with Gasteiger partial charge in [-0.3, -0.25) is 0 Å². The maximum Gasteiger partial charge on any atom is 0.154 e. The summed E-state index contributed by atoms with van der Waals surface area (Å²) in [7, 11) is 0. The number of aromatic amines is 1. The second-order valence-electron chi connectivity index (χ2n) is 3.88. The van der Waals surface area contributed by atoms with E-state index in [0.717, 1.165) is 37.6 Å². The third-order valence-corrected chi connectivity index (χ3v) is 2.67. The van der Waals surface area contributed by atoms with Gasteiger partial charge in [-0.1, -0.05) is 26.1 Å². The van der Waals surface area contributed by atoms with Crippen molar-refractivity contribution in [1.82, 2.24) is 9.97 Å². The summed E-state index contributed by atoms with van der Waals surface area (Å²) in [5.74, 6) is 1.73. The number of rotatable bonds is 5. The largest absolute Gasteiger partial charge is 0.393 e. The molecule has 0 aliphatic heterocycles. The Bertz CT molecular complexity index is 393. The fraction of sp³-hybridized carbons (Fsp3) is 0.636. The van der Waals surface area contributed by atoms with Crippen molar-refractivity contribution in [2.75, 3.05) is 23.7 Å². The van der Waals surface area contributed by atoms with Crippen molar-refractivity contribution in [3.05, 3.63) is 10.5 Å². The lowest BCUT2D eigenvalue weighted by Crippen LogP contribution is -2.27. The summed E-state index contributed by atoms with van der Waals surface area (Å²) in [4.78, 5) is 9.59.